The minimum atomic E-state index is -1.09. The maximum atomic E-state index is 13.3. The first-order chi connectivity index (χ1) is 7.51. The van der Waals surface area contributed by atoms with Gasteiger partial charge in [-0.3, -0.25) is 0 Å². The third-order valence-corrected chi connectivity index (χ3v) is 2.13. The molecule has 0 aliphatic carbocycles. The number of benzene rings is 1. The van der Waals surface area contributed by atoms with Crippen LogP contribution in [0.15, 0.2) is 6.07 Å². The van der Waals surface area contributed by atoms with Crippen molar-refractivity contribution < 1.29 is 23.4 Å². The van der Waals surface area contributed by atoms with E-state index >= 15 is 0 Å². The Hall–Kier alpha value is -1.36. The fourth-order valence-electron chi connectivity index (χ4n) is 1.51. The molecule has 0 aliphatic heterocycles. The topological polar surface area (TPSA) is 38.7 Å². The first kappa shape index (κ1) is 12.7. The zero-order valence-corrected chi connectivity index (χ0v) is 9.38. The summed E-state index contributed by atoms with van der Waals surface area (Å²) in [5.74, 6) is -2.28. The van der Waals surface area contributed by atoms with E-state index in [1.165, 1.54) is 14.2 Å². The summed E-state index contributed by atoms with van der Waals surface area (Å²) in [6.45, 7) is 1.55. The second-order valence-electron chi connectivity index (χ2n) is 3.45. The molecule has 0 fully saturated rings. The lowest BCUT2D eigenvalue weighted by Crippen LogP contribution is -2.08. The molecule has 16 heavy (non-hydrogen) atoms. The largest absolute Gasteiger partial charge is 0.492 e. The van der Waals surface area contributed by atoms with Gasteiger partial charge in [0.15, 0.2) is 17.3 Å². The average molecular weight is 232 g/mol. The summed E-state index contributed by atoms with van der Waals surface area (Å²) in [7, 11) is 2.56. The van der Waals surface area contributed by atoms with E-state index < -0.39 is 17.7 Å². The number of hydrogen-bond acceptors (Lipinski definition) is 3. The summed E-state index contributed by atoms with van der Waals surface area (Å²) in [4.78, 5) is 0. The predicted molar refractivity (Wildman–Crippen MR) is 54.8 cm³/mol. The highest BCUT2D eigenvalue weighted by Gasteiger charge is 2.20. The lowest BCUT2D eigenvalue weighted by atomic mass is 10.1. The monoisotopic (exact) mass is 232 g/mol. The maximum Gasteiger partial charge on any atom is 0.204 e. The summed E-state index contributed by atoms with van der Waals surface area (Å²) in [5.41, 5.74) is 0.369. The van der Waals surface area contributed by atoms with Crippen LogP contribution in [0.4, 0.5) is 8.78 Å². The Kier molecular flexibility index (Phi) is 4.06. The van der Waals surface area contributed by atoms with E-state index in [1.807, 2.05) is 0 Å². The van der Waals surface area contributed by atoms with E-state index in [2.05, 4.69) is 0 Å². The number of aliphatic hydroxyl groups is 1. The minimum Gasteiger partial charge on any atom is -0.492 e. The molecule has 1 rings (SSSR count). The van der Waals surface area contributed by atoms with Crippen LogP contribution in [0.3, 0.4) is 0 Å². The first-order valence-corrected chi connectivity index (χ1v) is 4.78. The molecule has 1 aromatic rings. The molecule has 0 aromatic heterocycles. The fourth-order valence-corrected chi connectivity index (χ4v) is 1.51. The molecular formula is C11H14F2O3. The average Bonchev–Trinajstić information content (AvgIpc) is 2.21. The van der Waals surface area contributed by atoms with Gasteiger partial charge in [0.25, 0.3) is 0 Å². The first-order valence-electron chi connectivity index (χ1n) is 4.78. The third kappa shape index (κ3) is 2.41. The van der Waals surface area contributed by atoms with Crippen LogP contribution in [-0.4, -0.2) is 25.4 Å². The van der Waals surface area contributed by atoms with Gasteiger partial charge in [0, 0.05) is 12.0 Å². The van der Waals surface area contributed by atoms with E-state index in [0.717, 1.165) is 6.07 Å². The van der Waals surface area contributed by atoms with Crippen LogP contribution in [0.5, 0.6) is 11.5 Å². The van der Waals surface area contributed by atoms with Gasteiger partial charge in [-0.05, 0) is 13.0 Å². The summed E-state index contributed by atoms with van der Waals surface area (Å²) in [6.07, 6.45) is -0.514. The molecule has 90 valence electrons. The van der Waals surface area contributed by atoms with Crippen molar-refractivity contribution in [3.05, 3.63) is 23.3 Å². The van der Waals surface area contributed by atoms with Gasteiger partial charge in [-0.25, -0.2) is 4.39 Å². The van der Waals surface area contributed by atoms with Crippen LogP contribution in [0.2, 0.25) is 0 Å². The molecule has 1 unspecified atom stereocenters. The SMILES string of the molecule is COc1c(CC(C)O)cc(F)c(F)c1OC. The second-order valence-corrected chi connectivity index (χ2v) is 3.45. The van der Waals surface area contributed by atoms with Gasteiger partial charge < -0.3 is 14.6 Å². The van der Waals surface area contributed by atoms with Crippen molar-refractivity contribution in [3.8, 4) is 11.5 Å². The normalized spacial score (nSPS) is 12.4. The predicted octanol–water partition coefficient (Wildman–Crippen LogP) is 1.91. The molecule has 0 radical (unpaired) electrons. The molecule has 0 saturated heterocycles. The molecule has 5 heteroatoms. The number of methoxy groups -OCH3 is 2. The van der Waals surface area contributed by atoms with Crippen molar-refractivity contribution in [3.63, 3.8) is 0 Å². The zero-order chi connectivity index (χ0) is 12.3. The highest BCUT2D eigenvalue weighted by Crippen LogP contribution is 2.36. The molecule has 1 N–H and O–H groups in total. The Morgan fingerprint density at radius 2 is 1.81 bits per heavy atom. The standard InChI is InChI=1S/C11H14F2O3/c1-6(14)4-7-5-8(12)9(13)11(16-3)10(7)15-2/h5-6,14H,4H2,1-3H3. The molecule has 0 aliphatic rings. The highest BCUT2D eigenvalue weighted by atomic mass is 19.2. The molecule has 0 bridgehead atoms. The van der Waals surface area contributed by atoms with Crippen LogP contribution < -0.4 is 9.47 Å². The molecular weight excluding hydrogens is 218 g/mol. The van der Waals surface area contributed by atoms with Crippen molar-refractivity contribution in [2.24, 2.45) is 0 Å². The molecule has 3 nitrogen and oxygen atoms in total. The van der Waals surface area contributed by atoms with Crippen LogP contribution in [0.1, 0.15) is 12.5 Å². The molecule has 0 heterocycles. The third-order valence-electron chi connectivity index (χ3n) is 2.13. The van der Waals surface area contributed by atoms with Crippen molar-refractivity contribution in [1.29, 1.82) is 0 Å². The molecule has 1 aromatic carbocycles. The van der Waals surface area contributed by atoms with E-state index in [4.69, 9.17) is 9.47 Å². The van der Waals surface area contributed by atoms with Gasteiger partial charge in [0.05, 0.1) is 20.3 Å². The Balaban J connectivity index is 3.31. The van der Waals surface area contributed by atoms with Gasteiger partial charge in [-0.15, -0.1) is 0 Å². The highest BCUT2D eigenvalue weighted by molar-refractivity contribution is 5.48. The minimum absolute atomic E-state index is 0.113. The second kappa shape index (κ2) is 5.12. The van der Waals surface area contributed by atoms with Gasteiger partial charge in [0.1, 0.15) is 0 Å². The maximum absolute atomic E-state index is 13.3. The van der Waals surface area contributed by atoms with E-state index in [1.54, 1.807) is 6.92 Å². The van der Waals surface area contributed by atoms with Crippen LogP contribution >= 0.6 is 0 Å². The summed E-state index contributed by atoms with van der Waals surface area (Å²) in [5, 5.41) is 9.24. The van der Waals surface area contributed by atoms with Gasteiger partial charge in [0.2, 0.25) is 5.82 Å². The van der Waals surface area contributed by atoms with Gasteiger partial charge in [-0.1, -0.05) is 0 Å². The van der Waals surface area contributed by atoms with Crippen LogP contribution in [-0.2, 0) is 6.42 Å². The van der Waals surface area contributed by atoms with Crippen molar-refractivity contribution in [2.75, 3.05) is 14.2 Å². The van der Waals surface area contributed by atoms with Crippen LogP contribution in [0, 0.1) is 11.6 Å². The van der Waals surface area contributed by atoms with Crippen molar-refractivity contribution in [1.82, 2.24) is 0 Å². The number of rotatable bonds is 4. The number of ether oxygens (including phenoxy) is 2. The van der Waals surface area contributed by atoms with Crippen molar-refractivity contribution >= 4 is 0 Å². The molecule has 0 spiro atoms. The zero-order valence-electron chi connectivity index (χ0n) is 9.38. The Morgan fingerprint density at radius 3 is 2.25 bits per heavy atom. The number of hydrogen-bond donors (Lipinski definition) is 1. The van der Waals surface area contributed by atoms with Crippen molar-refractivity contribution in [2.45, 2.75) is 19.4 Å². The molecule has 0 amide bonds. The summed E-state index contributed by atoms with van der Waals surface area (Å²) < 4.78 is 36.2. The van der Waals surface area contributed by atoms with E-state index in [-0.39, 0.29) is 17.9 Å². The van der Waals surface area contributed by atoms with Gasteiger partial charge in [-0.2, -0.15) is 4.39 Å². The lowest BCUT2D eigenvalue weighted by Gasteiger charge is -2.14. The molecule has 1 atom stereocenters. The molecule has 0 saturated carbocycles. The van der Waals surface area contributed by atoms with E-state index in [0.29, 0.717) is 5.56 Å². The van der Waals surface area contributed by atoms with Crippen LogP contribution in [0.25, 0.3) is 0 Å². The Morgan fingerprint density at radius 1 is 1.25 bits per heavy atom. The van der Waals surface area contributed by atoms with Gasteiger partial charge >= 0.3 is 0 Å². The van der Waals surface area contributed by atoms with E-state index in [9.17, 15) is 13.9 Å². The quantitative estimate of drug-likeness (QED) is 0.861. The summed E-state index contributed by atoms with van der Waals surface area (Å²) in [6, 6.07) is 1.00. The fraction of sp³-hybridized carbons (Fsp3) is 0.455. The Bertz CT molecular complexity index is 378. The number of halogens is 2. The summed E-state index contributed by atoms with van der Waals surface area (Å²) >= 11 is 0. The lowest BCUT2D eigenvalue weighted by molar-refractivity contribution is 0.193. The smallest absolute Gasteiger partial charge is 0.204 e. The Labute approximate surface area is 92.6 Å². The number of aliphatic hydroxyl groups excluding tert-OH is 1.